The van der Waals surface area contributed by atoms with Crippen molar-refractivity contribution in [2.75, 3.05) is 6.54 Å². The molecule has 2 aromatic rings. The van der Waals surface area contributed by atoms with Crippen molar-refractivity contribution >= 4 is 41.0 Å². The molecule has 2 amide bonds. The van der Waals surface area contributed by atoms with Crippen LogP contribution in [0, 0.1) is 0 Å². The number of hydrogen-bond acceptors (Lipinski definition) is 4. The van der Waals surface area contributed by atoms with E-state index in [9.17, 15) is 14.4 Å². The predicted molar refractivity (Wildman–Crippen MR) is 115 cm³/mol. The summed E-state index contributed by atoms with van der Waals surface area (Å²) in [6, 6.07) is 12.3. The maximum atomic E-state index is 12.5. The second-order valence-electron chi connectivity index (χ2n) is 7.09. The monoisotopic (exact) mass is 448 g/mol. The number of ether oxygens (including phenoxy) is 1. The van der Waals surface area contributed by atoms with Gasteiger partial charge in [-0.15, -0.1) is 0 Å². The first-order valence-corrected chi connectivity index (χ1v) is 10.4. The van der Waals surface area contributed by atoms with E-state index in [0.717, 1.165) is 24.8 Å². The van der Waals surface area contributed by atoms with Crippen LogP contribution in [0.2, 0.25) is 10.0 Å². The Bertz CT molecular complexity index is 964. The lowest BCUT2D eigenvalue weighted by Gasteiger charge is -2.27. The van der Waals surface area contributed by atoms with Gasteiger partial charge in [-0.05, 0) is 55.5 Å². The van der Waals surface area contributed by atoms with E-state index in [-0.39, 0.29) is 29.1 Å². The second kappa shape index (κ2) is 9.96. The average molecular weight is 449 g/mol. The van der Waals surface area contributed by atoms with Gasteiger partial charge in [0.1, 0.15) is 6.54 Å². The number of fused-ring (bicyclic) bond motifs is 1. The number of carbonyl (C=O) groups is 3. The number of carbonyl (C=O) groups excluding carboxylic acids is 3. The average Bonchev–Trinajstić information content (AvgIpc) is 2.72. The summed E-state index contributed by atoms with van der Waals surface area (Å²) in [4.78, 5) is 36.7. The lowest BCUT2D eigenvalue weighted by Crippen LogP contribution is -2.41. The lowest BCUT2D eigenvalue weighted by molar-refractivity contribution is -0.154. The Hall–Kier alpha value is -2.57. The third-order valence-corrected chi connectivity index (χ3v) is 5.48. The Kier molecular flexibility index (Phi) is 7.34. The number of benzene rings is 2. The molecule has 0 saturated carbocycles. The number of esters is 1. The van der Waals surface area contributed by atoms with Crippen LogP contribution >= 0.6 is 23.2 Å². The van der Waals surface area contributed by atoms with Gasteiger partial charge in [0.05, 0.1) is 16.6 Å². The fourth-order valence-electron chi connectivity index (χ4n) is 3.41. The summed E-state index contributed by atoms with van der Waals surface area (Å²) in [5.41, 5.74) is 2.51. The van der Waals surface area contributed by atoms with Crippen LogP contribution in [0.5, 0.6) is 0 Å². The zero-order valence-electron chi connectivity index (χ0n) is 16.4. The van der Waals surface area contributed by atoms with Crippen LogP contribution in [0.4, 0.5) is 0 Å². The molecule has 1 aliphatic rings. The van der Waals surface area contributed by atoms with Gasteiger partial charge < -0.3 is 15.4 Å². The number of rotatable bonds is 6. The molecule has 0 aromatic heterocycles. The lowest BCUT2D eigenvalue weighted by atomic mass is 9.87. The highest BCUT2D eigenvalue weighted by molar-refractivity contribution is 6.36. The Balaban J connectivity index is 1.49. The highest BCUT2D eigenvalue weighted by atomic mass is 35.5. The topological polar surface area (TPSA) is 84.5 Å². The van der Waals surface area contributed by atoms with Gasteiger partial charge in [0, 0.05) is 5.02 Å². The molecule has 0 unspecified atom stereocenters. The summed E-state index contributed by atoms with van der Waals surface area (Å²) >= 11 is 11.8. The minimum Gasteiger partial charge on any atom is -0.451 e. The van der Waals surface area contributed by atoms with Crippen LogP contribution in [0.1, 0.15) is 47.3 Å². The third-order valence-electron chi connectivity index (χ3n) is 4.93. The van der Waals surface area contributed by atoms with Crippen LogP contribution < -0.4 is 10.6 Å². The maximum Gasteiger partial charge on any atom is 0.326 e. The normalized spacial score (nSPS) is 16.2. The fraction of sp³-hybridized carbons (Fsp3) is 0.318. The Labute approximate surface area is 184 Å². The standard InChI is InChI=1S/C22H22Cl2N2O4/c1-13(21(28)26-19-8-4-6-14-5-2-3-7-16(14)19)30-20(27)12-25-22(29)17-10-9-15(23)11-18(17)24/h2-3,5,7,9-11,13,19H,4,6,8,12H2,1H3,(H,25,29)(H,26,28)/t13-,19+/m1/s1. The largest absolute Gasteiger partial charge is 0.451 e. The van der Waals surface area contributed by atoms with Gasteiger partial charge in [-0.3, -0.25) is 14.4 Å². The van der Waals surface area contributed by atoms with Crippen LogP contribution in [0.25, 0.3) is 0 Å². The zero-order chi connectivity index (χ0) is 21.7. The van der Waals surface area contributed by atoms with Crippen molar-refractivity contribution in [2.24, 2.45) is 0 Å². The van der Waals surface area contributed by atoms with E-state index in [0.29, 0.717) is 5.02 Å². The number of aryl methyl sites for hydroxylation is 1. The van der Waals surface area contributed by atoms with E-state index < -0.39 is 18.0 Å². The molecule has 2 aromatic carbocycles. The van der Waals surface area contributed by atoms with Gasteiger partial charge in [0.2, 0.25) is 0 Å². The molecule has 8 heteroatoms. The van der Waals surface area contributed by atoms with Crippen molar-refractivity contribution in [1.29, 1.82) is 0 Å². The number of halogens is 2. The first-order chi connectivity index (χ1) is 14.3. The highest BCUT2D eigenvalue weighted by Gasteiger charge is 2.25. The molecule has 0 radical (unpaired) electrons. The van der Waals surface area contributed by atoms with E-state index in [1.165, 1.54) is 30.7 Å². The van der Waals surface area contributed by atoms with Crippen LogP contribution in [0.15, 0.2) is 42.5 Å². The molecule has 0 bridgehead atoms. The molecule has 0 aliphatic heterocycles. The van der Waals surface area contributed by atoms with Crippen LogP contribution in [0.3, 0.4) is 0 Å². The fourth-order valence-corrected chi connectivity index (χ4v) is 3.90. The molecular formula is C22H22Cl2N2O4. The summed E-state index contributed by atoms with van der Waals surface area (Å²) in [5, 5.41) is 5.95. The van der Waals surface area contributed by atoms with E-state index in [2.05, 4.69) is 16.7 Å². The molecular weight excluding hydrogens is 427 g/mol. The smallest absolute Gasteiger partial charge is 0.326 e. The molecule has 3 rings (SSSR count). The van der Waals surface area contributed by atoms with Gasteiger partial charge >= 0.3 is 5.97 Å². The maximum absolute atomic E-state index is 12.5. The van der Waals surface area contributed by atoms with Gasteiger partial charge in [0.15, 0.2) is 6.10 Å². The first kappa shape index (κ1) is 22.1. The van der Waals surface area contributed by atoms with Gasteiger partial charge in [0.25, 0.3) is 11.8 Å². The molecule has 6 nitrogen and oxygen atoms in total. The molecule has 0 spiro atoms. The van der Waals surface area contributed by atoms with E-state index >= 15 is 0 Å². The quantitative estimate of drug-likeness (QED) is 0.657. The number of nitrogens with one attached hydrogen (secondary N) is 2. The molecule has 0 saturated heterocycles. The van der Waals surface area contributed by atoms with Crippen molar-refractivity contribution in [2.45, 2.75) is 38.3 Å². The minimum absolute atomic E-state index is 0.102. The molecule has 158 valence electrons. The van der Waals surface area contributed by atoms with E-state index in [1.54, 1.807) is 0 Å². The van der Waals surface area contributed by atoms with Crippen molar-refractivity contribution in [1.82, 2.24) is 10.6 Å². The SMILES string of the molecule is C[C@@H](OC(=O)CNC(=O)c1ccc(Cl)cc1Cl)C(=O)N[C@H]1CCCc2ccccc21. The van der Waals surface area contributed by atoms with Crippen LogP contribution in [-0.4, -0.2) is 30.4 Å². The zero-order valence-corrected chi connectivity index (χ0v) is 17.9. The first-order valence-electron chi connectivity index (χ1n) is 9.66. The highest BCUT2D eigenvalue weighted by Crippen LogP contribution is 2.29. The molecule has 2 atom stereocenters. The van der Waals surface area contributed by atoms with Crippen molar-refractivity contribution in [3.63, 3.8) is 0 Å². The van der Waals surface area contributed by atoms with Crippen LogP contribution in [-0.2, 0) is 20.7 Å². The third kappa shape index (κ3) is 5.52. The van der Waals surface area contributed by atoms with Crippen molar-refractivity contribution in [3.05, 3.63) is 69.2 Å². The summed E-state index contributed by atoms with van der Waals surface area (Å²) in [6.45, 7) is 1.11. The summed E-state index contributed by atoms with van der Waals surface area (Å²) < 4.78 is 5.16. The molecule has 1 aliphatic carbocycles. The Morgan fingerprint density at radius 3 is 2.70 bits per heavy atom. The molecule has 0 fully saturated rings. The summed E-state index contributed by atoms with van der Waals surface area (Å²) in [7, 11) is 0. The van der Waals surface area contributed by atoms with E-state index in [4.69, 9.17) is 27.9 Å². The Morgan fingerprint density at radius 1 is 1.17 bits per heavy atom. The molecule has 2 N–H and O–H groups in total. The number of amides is 2. The molecule has 0 heterocycles. The van der Waals surface area contributed by atoms with Gasteiger partial charge in [-0.2, -0.15) is 0 Å². The predicted octanol–water partition coefficient (Wildman–Crippen LogP) is 3.85. The summed E-state index contributed by atoms with van der Waals surface area (Å²) in [6.07, 6.45) is 1.82. The number of hydrogen-bond donors (Lipinski definition) is 2. The van der Waals surface area contributed by atoms with E-state index in [1.807, 2.05) is 18.2 Å². The van der Waals surface area contributed by atoms with Gasteiger partial charge in [-0.25, -0.2) is 0 Å². The molecule has 30 heavy (non-hydrogen) atoms. The Morgan fingerprint density at radius 2 is 1.93 bits per heavy atom. The van der Waals surface area contributed by atoms with Gasteiger partial charge in [-0.1, -0.05) is 47.5 Å². The minimum atomic E-state index is -0.984. The van der Waals surface area contributed by atoms with Crippen molar-refractivity contribution in [3.8, 4) is 0 Å². The summed E-state index contributed by atoms with van der Waals surface area (Å²) in [5.74, 6) is -1.64. The second-order valence-corrected chi connectivity index (χ2v) is 7.93. The van der Waals surface area contributed by atoms with Crippen molar-refractivity contribution < 1.29 is 19.1 Å².